The Morgan fingerprint density at radius 3 is 1.43 bits per heavy atom. The summed E-state index contributed by atoms with van der Waals surface area (Å²) in [7, 11) is 1.28. The lowest BCUT2D eigenvalue weighted by atomic mass is 10.1. The number of carboxylic acid groups (broad SMARTS) is 1. The number of methoxy groups -OCH3 is 1. The molecule has 2 aromatic heterocycles. The second kappa shape index (κ2) is 20.9. The monoisotopic (exact) mass is 1070 g/mol. The highest BCUT2D eigenvalue weighted by Gasteiger charge is 2.20. The Morgan fingerprint density at radius 1 is 0.582 bits per heavy atom. The van der Waals surface area contributed by atoms with Gasteiger partial charge in [0.05, 0.1) is 41.0 Å². The molecule has 0 radical (unpaired) electrons. The average molecular weight is 1080 g/mol. The summed E-state index contributed by atoms with van der Waals surface area (Å²) < 4.78 is 50.3. The number of nitrogens with zero attached hydrogens (tertiary/aromatic N) is 2. The summed E-state index contributed by atoms with van der Waals surface area (Å²) in [5, 5.41) is 30.7. The quantitative estimate of drug-likeness (QED) is 0.103. The number of aromatic nitrogens is 2. The van der Waals surface area contributed by atoms with Gasteiger partial charge in [-0.2, -0.15) is 0 Å². The Kier molecular flexibility index (Phi) is 15.1. The van der Waals surface area contributed by atoms with E-state index in [-0.39, 0.29) is 47.5 Å². The fourth-order valence-corrected chi connectivity index (χ4v) is 8.25. The number of aromatic hydroxyl groups is 2. The summed E-state index contributed by atoms with van der Waals surface area (Å²) in [5.41, 5.74) is 6.33. The highest BCUT2D eigenvalue weighted by atomic mass is 79.9. The third kappa shape index (κ3) is 11.3. The highest BCUT2D eigenvalue weighted by molar-refractivity contribution is 9.10. The summed E-state index contributed by atoms with van der Waals surface area (Å²) in [6.45, 7) is 3.78. The minimum Gasteiger partial charge on any atom is -0.508 e. The normalized spacial score (nSPS) is 10.9. The van der Waals surface area contributed by atoms with Crippen molar-refractivity contribution in [1.29, 1.82) is 0 Å². The molecular formula is C51H38Br2Cl2F2N2O8. The van der Waals surface area contributed by atoms with Crippen LogP contribution in [0.3, 0.4) is 0 Å². The summed E-state index contributed by atoms with van der Waals surface area (Å²) in [6, 6.07) is 36.0. The summed E-state index contributed by atoms with van der Waals surface area (Å²) in [6.07, 6.45) is 0. The van der Waals surface area contributed by atoms with E-state index in [2.05, 4.69) is 31.9 Å². The molecule has 3 N–H and O–H groups in total. The van der Waals surface area contributed by atoms with Crippen LogP contribution in [0, 0.1) is 25.5 Å². The van der Waals surface area contributed by atoms with Gasteiger partial charge in [0.1, 0.15) is 47.8 Å². The lowest BCUT2D eigenvalue weighted by Gasteiger charge is -2.17. The number of esters is 1. The molecule has 0 unspecified atom stereocenters. The van der Waals surface area contributed by atoms with Gasteiger partial charge in [-0.05, 0) is 123 Å². The lowest BCUT2D eigenvalue weighted by Crippen LogP contribution is -2.05. The van der Waals surface area contributed by atoms with Crippen molar-refractivity contribution in [2.24, 2.45) is 0 Å². The first kappa shape index (κ1) is 48.4. The van der Waals surface area contributed by atoms with E-state index >= 15 is 0 Å². The first-order valence-corrected chi connectivity index (χ1v) is 22.4. The summed E-state index contributed by atoms with van der Waals surface area (Å²) in [4.78, 5) is 23.6. The molecule has 8 aromatic rings. The van der Waals surface area contributed by atoms with Crippen LogP contribution >= 0.6 is 55.1 Å². The first-order chi connectivity index (χ1) is 32.0. The van der Waals surface area contributed by atoms with E-state index in [4.69, 9.17) is 37.4 Å². The van der Waals surface area contributed by atoms with Crippen molar-refractivity contribution in [2.75, 3.05) is 7.11 Å². The minimum atomic E-state index is -1.15. The Hall–Kier alpha value is -6.58. The molecule has 0 amide bonds. The number of phenols is 2. The van der Waals surface area contributed by atoms with Crippen LogP contribution in [-0.4, -0.2) is 43.5 Å². The van der Waals surface area contributed by atoms with Crippen LogP contribution < -0.4 is 9.47 Å². The Labute approximate surface area is 410 Å². The average Bonchev–Trinajstić information content (AvgIpc) is 3.87. The molecule has 67 heavy (non-hydrogen) atoms. The highest BCUT2D eigenvalue weighted by Crippen LogP contribution is 2.39. The van der Waals surface area contributed by atoms with Crippen molar-refractivity contribution in [3.63, 3.8) is 0 Å². The lowest BCUT2D eigenvalue weighted by molar-refractivity contribution is 0.0599. The maximum Gasteiger partial charge on any atom is 0.338 e. The molecule has 0 saturated carbocycles. The zero-order valence-corrected chi connectivity index (χ0v) is 40.3. The number of carboxylic acids is 1. The fraction of sp³-hybridized carbons (Fsp3) is 0.0980. The van der Waals surface area contributed by atoms with Crippen LogP contribution in [-0.2, 0) is 18.0 Å². The van der Waals surface area contributed by atoms with Gasteiger partial charge in [0.15, 0.2) is 0 Å². The number of ether oxygens (including phenoxy) is 3. The Morgan fingerprint density at radius 2 is 1.01 bits per heavy atom. The summed E-state index contributed by atoms with van der Waals surface area (Å²) >= 11 is 19.1. The van der Waals surface area contributed by atoms with E-state index in [1.807, 2.05) is 42.7 Å². The van der Waals surface area contributed by atoms with E-state index in [1.165, 1.54) is 43.5 Å². The van der Waals surface area contributed by atoms with Crippen LogP contribution in [0.2, 0.25) is 10.0 Å². The molecule has 8 rings (SSSR count). The van der Waals surface area contributed by atoms with E-state index in [9.17, 15) is 33.7 Å². The van der Waals surface area contributed by atoms with Crippen molar-refractivity contribution >= 4 is 67.0 Å². The molecule has 0 aliphatic carbocycles. The van der Waals surface area contributed by atoms with Gasteiger partial charge in [-0.25, -0.2) is 18.4 Å². The van der Waals surface area contributed by atoms with E-state index in [0.717, 1.165) is 11.4 Å². The van der Waals surface area contributed by atoms with Crippen molar-refractivity contribution in [1.82, 2.24) is 9.13 Å². The van der Waals surface area contributed by atoms with Crippen molar-refractivity contribution in [3.8, 4) is 56.9 Å². The molecule has 10 nitrogen and oxygen atoms in total. The van der Waals surface area contributed by atoms with E-state index in [1.54, 1.807) is 77.4 Å². The molecule has 342 valence electrons. The molecular weight excluding hydrogens is 1040 g/mol. The second-order valence-electron chi connectivity index (χ2n) is 15.0. The molecule has 6 aromatic carbocycles. The minimum absolute atomic E-state index is 0.00270. The smallest absolute Gasteiger partial charge is 0.338 e. The zero-order valence-electron chi connectivity index (χ0n) is 35.7. The van der Waals surface area contributed by atoms with Crippen LogP contribution in [0.4, 0.5) is 8.78 Å². The van der Waals surface area contributed by atoms with Gasteiger partial charge < -0.3 is 38.7 Å². The van der Waals surface area contributed by atoms with E-state index in [0.29, 0.717) is 75.5 Å². The van der Waals surface area contributed by atoms with Crippen LogP contribution in [0.1, 0.15) is 43.2 Å². The van der Waals surface area contributed by atoms with Crippen molar-refractivity contribution in [2.45, 2.75) is 27.1 Å². The number of carbonyl (C=O) groups is 2. The van der Waals surface area contributed by atoms with Gasteiger partial charge in [0, 0.05) is 64.8 Å². The molecule has 0 aliphatic rings. The molecule has 0 aliphatic heterocycles. The number of rotatable bonds is 12. The van der Waals surface area contributed by atoms with Crippen LogP contribution in [0.5, 0.6) is 23.0 Å². The van der Waals surface area contributed by atoms with Crippen molar-refractivity contribution in [3.05, 3.63) is 198 Å². The Balaban J connectivity index is 0.000000199. The third-order valence-corrected chi connectivity index (χ3v) is 11.8. The SMILES string of the molecule is COC(=O)c1cc(O)cc(-n2c(C)ccc2-c2cc(Cl)ccc2OCc2ccc(Br)cc2F)c1.Cc1ccc(-c2cc(Cl)ccc2OCc2ccc(Br)cc2F)n1-c1cc(O)cc(C(=O)O)c1. The predicted octanol–water partition coefficient (Wildman–Crippen LogP) is 14.1. The van der Waals surface area contributed by atoms with Gasteiger partial charge in [-0.3, -0.25) is 0 Å². The molecule has 0 fully saturated rings. The number of aryl methyl sites for hydroxylation is 2. The molecule has 0 atom stereocenters. The van der Waals surface area contributed by atoms with Gasteiger partial charge in [0.2, 0.25) is 0 Å². The largest absolute Gasteiger partial charge is 0.508 e. The van der Waals surface area contributed by atoms with Crippen molar-refractivity contribution < 1.29 is 47.9 Å². The second-order valence-corrected chi connectivity index (χ2v) is 17.7. The molecule has 0 spiro atoms. The van der Waals surface area contributed by atoms with Gasteiger partial charge in [-0.15, -0.1) is 0 Å². The van der Waals surface area contributed by atoms with Gasteiger partial charge in [-0.1, -0.05) is 67.2 Å². The number of hydrogen-bond donors (Lipinski definition) is 3. The molecule has 16 heteroatoms. The maximum atomic E-state index is 14.3. The summed E-state index contributed by atoms with van der Waals surface area (Å²) in [5.74, 6) is -1.76. The molecule has 0 saturated heterocycles. The number of benzene rings is 6. The fourth-order valence-electron chi connectivity index (χ4n) is 7.24. The third-order valence-electron chi connectivity index (χ3n) is 10.4. The topological polar surface area (TPSA) is 132 Å². The zero-order chi connectivity index (χ0) is 48.1. The predicted molar refractivity (Wildman–Crippen MR) is 260 cm³/mol. The number of carbonyl (C=O) groups excluding carboxylic acids is 1. The number of aromatic carboxylic acids is 1. The number of halogens is 6. The standard InChI is InChI=1S/C26H20BrClFNO4.C25H18BrClFNO4/c1-15-3-7-24(30(15)20-9-17(26(32)33-2)10-21(31)13-20)22-12-19(28)6-8-25(22)34-14-16-4-5-18(27)11-23(16)29;1-14-2-6-23(29(14)19-8-16(25(31)32)9-20(30)12-19)21-11-18(27)5-7-24(21)33-13-15-3-4-17(26)10-22(15)28/h3-13,31H,14H2,1-2H3;2-12,30H,13H2,1H3,(H,31,32). The Bertz CT molecular complexity index is 3170. The molecule has 2 heterocycles. The van der Waals surface area contributed by atoms with E-state index < -0.39 is 11.9 Å². The van der Waals surface area contributed by atoms with Gasteiger partial charge in [0.25, 0.3) is 0 Å². The van der Waals surface area contributed by atoms with Crippen LogP contribution in [0.15, 0.2) is 142 Å². The molecule has 0 bridgehead atoms. The van der Waals surface area contributed by atoms with Crippen LogP contribution in [0.25, 0.3) is 33.9 Å². The number of hydrogen-bond acceptors (Lipinski definition) is 7. The van der Waals surface area contributed by atoms with Gasteiger partial charge >= 0.3 is 11.9 Å². The number of phenolic OH excluding ortho intramolecular Hbond substituents is 2. The maximum absolute atomic E-state index is 14.3. The first-order valence-electron chi connectivity index (χ1n) is 20.1.